The average molecular weight is 294 g/mol. The number of nitrogens with zero attached hydrogens (tertiary/aromatic N) is 2. The summed E-state index contributed by atoms with van der Waals surface area (Å²) in [6, 6.07) is 16.8. The molecule has 0 aliphatic carbocycles. The lowest BCUT2D eigenvalue weighted by atomic mass is 10.1. The van der Waals surface area contributed by atoms with Gasteiger partial charge in [-0.3, -0.25) is 4.79 Å². The van der Waals surface area contributed by atoms with E-state index in [1.54, 1.807) is 36.3 Å². The van der Waals surface area contributed by atoms with Gasteiger partial charge in [0.1, 0.15) is 5.75 Å². The van der Waals surface area contributed by atoms with E-state index in [4.69, 9.17) is 10.00 Å². The summed E-state index contributed by atoms with van der Waals surface area (Å²) in [5, 5.41) is 8.82. The van der Waals surface area contributed by atoms with Gasteiger partial charge in [0.2, 0.25) is 0 Å². The number of nitriles is 1. The molecule has 0 N–H and O–H groups in total. The molecule has 0 aromatic heterocycles. The van der Waals surface area contributed by atoms with Crippen molar-refractivity contribution in [2.75, 3.05) is 18.6 Å². The molecule has 4 heteroatoms. The van der Waals surface area contributed by atoms with Crippen LogP contribution >= 0.6 is 0 Å². The summed E-state index contributed by atoms with van der Waals surface area (Å²) in [4.78, 5) is 14.3. The van der Waals surface area contributed by atoms with Gasteiger partial charge in [0.05, 0.1) is 19.6 Å². The topological polar surface area (TPSA) is 53.3 Å². The number of carbonyl (C=O) groups is 1. The maximum absolute atomic E-state index is 12.7. The van der Waals surface area contributed by atoms with Crippen molar-refractivity contribution in [2.24, 2.45) is 0 Å². The normalized spacial score (nSPS) is 9.86. The van der Waals surface area contributed by atoms with Crippen LogP contribution in [0.15, 0.2) is 48.5 Å². The Morgan fingerprint density at radius 1 is 1.14 bits per heavy atom. The minimum atomic E-state index is -0.123. The van der Waals surface area contributed by atoms with E-state index >= 15 is 0 Å². The first-order valence-electron chi connectivity index (χ1n) is 7.05. The Morgan fingerprint density at radius 2 is 1.77 bits per heavy atom. The molecule has 0 saturated heterocycles. The van der Waals surface area contributed by atoms with Gasteiger partial charge >= 0.3 is 0 Å². The Morgan fingerprint density at radius 3 is 2.32 bits per heavy atom. The van der Waals surface area contributed by atoms with Crippen molar-refractivity contribution in [1.82, 2.24) is 0 Å². The van der Waals surface area contributed by atoms with E-state index in [1.165, 1.54) is 0 Å². The predicted molar refractivity (Wildman–Crippen MR) is 86.1 cm³/mol. The van der Waals surface area contributed by atoms with Crippen LogP contribution < -0.4 is 9.64 Å². The van der Waals surface area contributed by atoms with Crippen LogP contribution in [0.25, 0.3) is 0 Å². The SMILES string of the molecule is COc1ccc(C(=O)N(CCC#N)c2ccc(C)cc2)cc1. The molecule has 0 heterocycles. The molecule has 0 radical (unpaired) electrons. The molecule has 112 valence electrons. The highest BCUT2D eigenvalue weighted by molar-refractivity contribution is 6.06. The van der Waals surface area contributed by atoms with Crippen LogP contribution in [-0.4, -0.2) is 19.6 Å². The minimum Gasteiger partial charge on any atom is -0.497 e. The van der Waals surface area contributed by atoms with Crippen molar-refractivity contribution in [3.8, 4) is 11.8 Å². The number of ether oxygens (including phenoxy) is 1. The molecule has 22 heavy (non-hydrogen) atoms. The fraction of sp³-hybridized carbons (Fsp3) is 0.222. The molecule has 0 unspecified atom stereocenters. The van der Waals surface area contributed by atoms with Crippen LogP contribution in [0.3, 0.4) is 0 Å². The van der Waals surface area contributed by atoms with Crippen LogP contribution in [0, 0.1) is 18.3 Å². The zero-order valence-corrected chi connectivity index (χ0v) is 12.7. The van der Waals surface area contributed by atoms with E-state index < -0.39 is 0 Å². The van der Waals surface area contributed by atoms with Gasteiger partial charge in [0, 0.05) is 17.8 Å². The number of aryl methyl sites for hydroxylation is 1. The van der Waals surface area contributed by atoms with Crippen LogP contribution in [0.5, 0.6) is 5.75 Å². The molecule has 2 rings (SSSR count). The summed E-state index contributed by atoms with van der Waals surface area (Å²) in [7, 11) is 1.59. The third kappa shape index (κ3) is 3.64. The second-order valence-corrected chi connectivity index (χ2v) is 4.93. The Balaban J connectivity index is 2.29. The highest BCUT2D eigenvalue weighted by Gasteiger charge is 2.17. The zero-order chi connectivity index (χ0) is 15.9. The first-order valence-corrected chi connectivity index (χ1v) is 7.05. The van der Waals surface area contributed by atoms with Gasteiger partial charge in [-0.15, -0.1) is 0 Å². The monoisotopic (exact) mass is 294 g/mol. The minimum absolute atomic E-state index is 0.123. The van der Waals surface area contributed by atoms with E-state index in [2.05, 4.69) is 6.07 Å². The van der Waals surface area contributed by atoms with Crippen molar-refractivity contribution in [2.45, 2.75) is 13.3 Å². The van der Waals surface area contributed by atoms with Crippen molar-refractivity contribution >= 4 is 11.6 Å². The number of anilines is 1. The standard InChI is InChI=1S/C18H18N2O2/c1-14-4-8-16(9-5-14)20(13-3-12-19)18(21)15-6-10-17(22-2)11-7-15/h4-11H,3,13H2,1-2H3. The van der Waals surface area contributed by atoms with Crippen molar-refractivity contribution in [1.29, 1.82) is 5.26 Å². The zero-order valence-electron chi connectivity index (χ0n) is 12.7. The van der Waals surface area contributed by atoms with E-state index in [0.717, 1.165) is 11.3 Å². The van der Waals surface area contributed by atoms with Crippen LogP contribution in [0.1, 0.15) is 22.3 Å². The lowest BCUT2D eigenvalue weighted by Crippen LogP contribution is -2.31. The Kier molecular flexibility index (Phi) is 5.16. The number of hydrogen-bond donors (Lipinski definition) is 0. The van der Waals surface area contributed by atoms with Crippen molar-refractivity contribution in [3.63, 3.8) is 0 Å². The second kappa shape index (κ2) is 7.28. The quantitative estimate of drug-likeness (QED) is 0.847. The third-order valence-corrected chi connectivity index (χ3v) is 3.37. The summed E-state index contributed by atoms with van der Waals surface area (Å²) in [5.74, 6) is 0.581. The largest absolute Gasteiger partial charge is 0.497 e. The fourth-order valence-corrected chi connectivity index (χ4v) is 2.12. The Hall–Kier alpha value is -2.80. The average Bonchev–Trinajstić information content (AvgIpc) is 2.56. The summed E-state index contributed by atoms with van der Waals surface area (Å²) in [6.07, 6.45) is 0.287. The van der Waals surface area contributed by atoms with Gasteiger partial charge in [-0.25, -0.2) is 0 Å². The van der Waals surface area contributed by atoms with E-state index in [1.807, 2.05) is 31.2 Å². The van der Waals surface area contributed by atoms with Crippen LogP contribution in [0.2, 0.25) is 0 Å². The molecule has 4 nitrogen and oxygen atoms in total. The van der Waals surface area contributed by atoms with Gasteiger partial charge in [-0.2, -0.15) is 5.26 Å². The molecule has 0 fully saturated rings. The Bertz CT molecular complexity index is 670. The van der Waals surface area contributed by atoms with Gasteiger partial charge in [-0.1, -0.05) is 17.7 Å². The number of rotatable bonds is 5. The first kappa shape index (κ1) is 15.6. The van der Waals surface area contributed by atoms with Crippen LogP contribution in [-0.2, 0) is 0 Å². The van der Waals surface area contributed by atoms with Crippen molar-refractivity contribution in [3.05, 3.63) is 59.7 Å². The Labute approximate surface area is 130 Å². The lowest BCUT2D eigenvalue weighted by molar-refractivity contribution is 0.0987. The smallest absolute Gasteiger partial charge is 0.258 e. The molecular weight excluding hydrogens is 276 g/mol. The summed E-state index contributed by atoms with van der Waals surface area (Å²) in [6.45, 7) is 2.36. The van der Waals surface area contributed by atoms with Crippen molar-refractivity contribution < 1.29 is 9.53 Å². The van der Waals surface area contributed by atoms with E-state index in [9.17, 15) is 4.79 Å². The van der Waals surface area contributed by atoms with Gasteiger partial charge in [-0.05, 0) is 43.3 Å². The summed E-state index contributed by atoms with van der Waals surface area (Å²) < 4.78 is 5.10. The lowest BCUT2D eigenvalue weighted by Gasteiger charge is -2.22. The highest BCUT2D eigenvalue weighted by atomic mass is 16.5. The summed E-state index contributed by atoms with van der Waals surface area (Å²) in [5.41, 5.74) is 2.49. The fourth-order valence-electron chi connectivity index (χ4n) is 2.12. The molecule has 1 amide bonds. The summed E-state index contributed by atoms with van der Waals surface area (Å²) >= 11 is 0. The number of benzene rings is 2. The maximum atomic E-state index is 12.7. The number of hydrogen-bond acceptors (Lipinski definition) is 3. The maximum Gasteiger partial charge on any atom is 0.258 e. The van der Waals surface area contributed by atoms with Gasteiger partial charge in [0.15, 0.2) is 0 Å². The van der Waals surface area contributed by atoms with E-state index in [-0.39, 0.29) is 12.3 Å². The predicted octanol–water partition coefficient (Wildman–Crippen LogP) is 3.56. The number of amides is 1. The highest BCUT2D eigenvalue weighted by Crippen LogP contribution is 2.20. The van der Waals surface area contributed by atoms with E-state index in [0.29, 0.717) is 17.9 Å². The first-order chi connectivity index (χ1) is 10.7. The molecular formula is C18H18N2O2. The molecule has 0 aliphatic rings. The number of carbonyl (C=O) groups excluding carboxylic acids is 1. The molecule has 0 saturated carbocycles. The molecule has 2 aromatic rings. The molecule has 0 aliphatic heterocycles. The molecule has 2 aromatic carbocycles. The molecule has 0 bridgehead atoms. The molecule has 0 spiro atoms. The number of methoxy groups -OCH3 is 1. The van der Waals surface area contributed by atoms with Crippen LogP contribution in [0.4, 0.5) is 5.69 Å². The second-order valence-electron chi connectivity index (χ2n) is 4.93. The third-order valence-electron chi connectivity index (χ3n) is 3.37. The van der Waals surface area contributed by atoms with Gasteiger partial charge < -0.3 is 9.64 Å². The van der Waals surface area contributed by atoms with Gasteiger partial charge in [0.25, 0.3) is 5.91 Å². The molecule has 0 atom stereocenters.